The molecule has 0 saturated heterocycles. The van der Waals surface area contributed by atoms with Crippen LogP contribution >= 0.6 is 11.3 Å². The van der Waals surface area contributed by atoms with Crippen molar-refractivity contribution in [2.45, 2.75) is 6.92 Å². The zero-order valence-electron chi connectivity index (χ0n) is 14.2. The van der Waals surface area contributed by atoms with Gasteiger partial charge in [0, 0.05) is 16.0 Å². The first-order valence-electron chi connectivity index (χ1n) is 8.25. The van der Waals surface area contributed by atoms with Crippen LogP contribution in [-0.2, 0) is 0 Å². The molecule has 0 amide bonds. The second kappa shape index (κ2) is 6.98. The fraction of sp³-hybridized carbons (Fsp3) is 0.0476. The molecule has 0 aliphatic rings. The summed E-state index contributed by atoms with van der Waals surface area (Å²) in [5, 5.41) is 17.2. The van der Waals surface area contributed by atoms with Gasteiger partial charge in [-0.25, -0.2) is 4.98 Å². The zero-order chi connectivity index (χ0) is 17.9. The lowest BCUT2D eigenvalue weighted by Crippen LogP contribution is -1.92. The number of aromatic hydroxyl groups is 1. The Bertz CT molecular complexity index is 1090. The van der Waals surface area contributed by atoms with E-state index in [0.717, 1.165) is 32.0 Å². The highest BCUT2D eigenvalue weighted by Gasteiger charge is 2.09. The van der Waals surface area contributed by atoms with Crippen LogP contribution < -0.4 is 5.43 Å². The van der Waals surface area contributed by atoms with Crippen molar-refractivity contribution in [2.24, 2.45) is 5.10 Å². The van der Waals surface area contributed by atoms with E-state index in [2.05, 4.69) is 15.5 Å². The van der Waals surface area contributed by atoms with Crippen LogP contribution in [-0.4, -0.2) is 16.3 Å². The summed E-state index contributed by atoms with van der Waals surface area (Å²) in [6, 6.07) is 21.6. The van der Waals surface area contributed by atoms with Crippen molar-refractivity contribution in [2.75, 3.05) is 5.43 Å². The molecule has 0 fully saturated rings. The molecule has 1 heterocycles. The number of rotatable bonds is 4. The van der Waals surface area contributed by atoms with Gasteiger partial charge in [-0.1, -0.05) is 60.7 Å². The highest BCUT2D eigenvalue weighted by molar-refractivity contribution is 7.15. The lowest BCUT2D eigenvalue weighted by atomic mass is 10.0. The highest BCUT2D eigenvalue weighted by Crippen LogP contribution is 2.30. The molecule has 128 valence electrons. The Balaban J connectivity index is 1.60. The van der Waals surface area contributed by atoms with E-state index in [4.69, 9.17) is 0 Å². The monoisotopic (exact) mass is 359 g/mol. The molecule has 4 aromatic rings. The molecule has 0 saturated carbocycles. The van der Waals surface area contributed by atoms with Crippen LogP contribution in [0.3, 0.4) is 0 Å². The van der Waals surface area contributed by atoms with Gasteiger partial charge in [0.1, 0.15) is 5.75 Å². The summed E-state index contributed by atoms with van der Waals surface area (Å²) in [5.74, 6) is 0.203. The maximum Gasteiger partial charge on any atom is 0.204 e. The number of aryl methyl sites for hydroxylation is 1. The standard InChI is InChI=1S/C21H17N3OS/c1-14-20(16-8-3-2-4-9-16)23-21(26-14)24-22-13-18-17-10-6-5-7-15(17)11-12-19(18)25/h2-13,25H,1H3,(H,23,24)/b22-13+. The number of anilines is 1. The predicted molar refractivity (Wildman–Crippen MR) is 109 cm³/mol. The molecule has 1 aromatic heterocycles. The van der Waals surface area contributed by atoms with Crippen LogP contribution in [0.4, 0.5) is 5.13 Å². The Morgan fingerprint density at radius 1 is 1.00 bits per heavy atom. The predicted octanol–water partition coefficient (Wildman–Crippen LogP) is 5.42. The van der Waals surface area contributed by atoms with Crippen molar-refractivity contribution in [3.05, 3.63) is 77.2 Å². The molecule has 0 spiro atoms. The smallest absolute Gasteiger partial charge is 0.204 e. The second-order valence-corrected chi connectivity index (χ2v) is 7.08. The van der Waals surface area contributed by atoms with Crippen molar-refractivity contribution in [1.82, 2.24) is 4.98 Å². The number of benzene rings is 3. The Morgan fingerprint density at radius 3 is 2.62 bits per heavy atom. The van der Waals surface area contributed by atoms with E-state index < -0.39 is 0 Å². The molecule has 2 N–H and O–H groups in total. The molecular weight excluding hydrogens is 342 g/mol. The van der Waals surface area contributed by atoms with Gasteiger partial charge >= 0.3 is 0 Å². The fourth-order valence-corrected chi connectivity index (χ4v) is 3.67. The van der Waals surface area contributed by atoms with E-state index in [1.807, 2.05) is 67.6 Å². The number of phenols is 1. The summed E-state index contributed by atoms with van der Waals surface area (Å²) in [6.45, 7) is 2.05. The molecule has 0 aliphatic heterocycles. The fourth-order valence-electron chi connectivity index (χ4n) is 2.88. The zero-order valence-corrected chi connectivity index (χ0v) is 15.0. The minimum Gasteiger partial charge on any atom is -0.507 e. The van der Waals surface area contributed by atoms with E-state index in [-0.39, 0.29) is 5.75 Å². The molecule has 4 nitrogen and oxygen atoms in total. The number of thiazole rings is 1. The average molecular weight is 359 g/mol. The number of hydrazone groups is 1. The second-order valence-electron chi connectivity index (χ2n) is 5.88. The van der Waals surface area contributed by atoms with Crippen LogP contribution in [0.5, 0.6) is 5.75 Å². The lowest BCUT2D eigenvalue weighted by Gasteiger charge is -2.04. The molecule has 0 atom stereocenters. The number of nitrogens with one attached hydrogen (secondary N) is 1. The van der Waals surface area contributed by atoms with Gasteiger partial charge in [0.15, 0.2) is 0 Å². The van der Waals surface area contributed by atoms with E-state index in [0.29, 0.717) is 5.56 Å². The van der Waals surface area contributed by atoms with E-state index in [1.165, 1.54) is 0 Å². The normalized spacial score (nSPS) is 11.3. The maximum absolute atomic E-state index is 10.2. The van der Waals surface area contributed by atoms with E-state index in [9.17, 15) is 5.11 Å². The lowest BCUT2D eigenvalue weighted by molar-refractivity contribution is 0.475. The maximum atomic E-state index is 10.2. The first-order chi connectivity index (χ1) is 12.7. The summed E-state index contributed by atoms with van der Waals surface area (Å²) < 4.78 is 0. The molecule has 0 unspecified atom stereocenters. The van der Waals surface area contributed by atoms with Crippen molar-refractivity contribution in [3.63, 3.8) is 0 Å². The summed E-state index contributed by atoms with van der Waals surface area (Å²) >= 11 is 1.55. The molecule has 26 heavy (non-hydrogen) atoms. The summed E-state index contributed by atoms with van der Waals surface area (Å²) in [5.41, 5.74) is 5.72. The van der Waals surface area contributed by atoms with Crippen molar-refractivity contribution >= 4 is 33.5 Å². The molecule has 0 radical (unpaired) electrons. The van der Waals surface area contributed by atoms with Gasteiger partial charge in [0.05, 0.1) is 11.9 Å². The van der Waals surface area contributed by atoms with Crippen molar-refractivity contribution in [3.8, 4) is 17.0 Å². The number of phenolic OH excluding ortho intramolecular Hbond substituents is 1. The highest BCUT2D eigenvalue weighted by atomic mass is 32.1. The largest absolute Gasteiger partial charge is 0.507 e. The quantitative estimate of drug-likeness (QED) is 0.378. The summed E-state index contributed by atoms with van der Waals surface area (Å²) in [7, 11) is 0. The van der Waals surface area contributed by atoms with Crippen LogP contribution in [0.1, 0.15) is 10.4 Å². The molecule has 4 rings (SSSR count). The van der Waals surface area contributed by atoms with Gasteiger partial charge in [0.2, 0.25) is 5.13 Å². The number of aromatic nitrogens is 1. The van der Waals surface area contributed by atoms with Crippen LogP contribution in [0.15, 0.2) is 71.8 Å². The molecule has 5 heteroatoms. The van der Waals surface area contributed by atoms with E-state index in [1.54, 1.807) is 23.6 Å². The topological polar surface area (TPSA) is 57.5 Å². The number of hydrogen-bond donors (Lipinski definition) is 2. The van der Waals surface area contributed by atoms with E-state index >= 15 is 0 Å². The van der Waals surface area contributed by atoms with Crippen LogP contribution in [0, 0.1) is 6.92 Å². The summed E-state index contributed by atoms with van der Waals surface area (Å²) in [4.78, 5) is 5.75. The molecule has 3 aromatic carbocycles. The Kier molecular flexibility index (Phi) is 4.37. The molecule has 0 aliphatic carbocycles. The summed E-state index contributed by atoms with van der Waals surface area (Å²) in [6.07, 6.45) is 1.64. The van der Waals surface area contributed by atoms with Gasteiger partial charge in [-0.3, -0.25) is 5.43 Å². The third kappa shape index (κ3) is 3.17. The van der Waals surface area contributed by atoms with Gasteiger partial charge in [-0.15, -0.1) is 11.3 Å². The Labute approximate surface area is 155 Å². The Hall–Kier alpha value is -3.18. The minimum atomic E-state index is 0.203. The van der Waals surface area contributed by atoms with Crippen molar-refractivity contribution < 1.29 is 5.11 Å². The van der Waals surface area contributed by atoms with Crippen molar-refractivity contribution in [1.29, 1.82) is 0 Å². The average Bonchev–Trinajstić information content (AvgIpc) is 3.05. The third-order valence-electron chi connectivity index (χ3n) is 4.15. The first-order valence-corrected chi connectivity index (χ1v) is 9.06. The first kappa shape index (κ1) is 16.3. The number of hydrogen-bond acceptors (Lipinski definition) is 5. The van der Waals surface area contributed by atoms with Gasteiger partial charge in [-0.2, -0.15) is 5.10 Å². The van der Waals surface area contributed by atoms with Gasteiger partial charge in [0.25, 0.3) is 0 Å². The Morgan fingerprint density at radius 2 is 1.77 bits per heavy atom. The van der Waals surface area contributed by atoms with Crippen LogP contribution in [0.25, 0.3) is 22.0 Å². The third-order valence-corrected chi connectivity index (χ3v) is 5.02. The van der Waals surface area contributed by atoms with Crippen LogP contribution in [0.2, 0.25) is 0 Å². The molecular formula is C21H17N3OS. The van der Waals surface area contributed by atoms with Gasteiger partial charge in [-0.05, 0) is 23.8 Å². The minimum absolute atomic E-state index is 0.203. The number of fused-ring (bicyclic) bond motifs is 1. The number of nitrogens with zero attached hydrogens (tertiary/aromatic N) is 2. The molecule has 0 bridgehead atoms. The van der Waals surface area contributed by atoms with Gasteiger partial charge < -0.3 is 5.11 Å². The SMILES string of the molecule is Cc1sc(N/N=C/c2c(O)ccc3ccccc23)nc1-c1ccccc1.